The van der Waals surface area contributed by atoms with Crippen LogP contribution in [0.2, 0.25) is 0 Å². The molecule has 0 spiro atoms. The van der Waals surface area contributed by atoms with Crippen molar-refractivity contribution in [1.82, 2.24) is 9.97 Å². The van der Waals surface area contributed by atoms with Crippen molar-refractivity contribution < 1.29 is 22.3 Å². The number of ether oxygens (including phenoxy) is 1. The van der Waals surface area contributed by atoms with Crippen molar-refractivity contribution in [3.8, 4) is 17.0 Å². The summed E-state index contributed by atoms with van der Waals surface area (Å²) in [5.41, 5.74) is 3.14. The van der Waals surface area contributed by atoms with E-state index in [1.54, 1.807) is 0 Å². The van der Waals surface area contributed by atoms with E-state index in [1.165, 1.54) is 11.9 Å². The molecule has 5 rings (SSSR count). The van der Waals surface area contributed by atoms with Gasteiger partial charge in [0.05, 0.1) is 12.3 Å². The third-order valence-corrected chi connectivity index (χ3v) is 5.14. The Kier molecular flexibility index (Phi) is 7.41. The molecule has 0 bridgehead atoms. The van der Waals surface area contributed by atoms with Crippen LogP contribution in [0.1, 0.15) is 29.7 Å². The van der Waals surface area contributed by atoms with Gasteiger partial charge in [0, 0.05) is 37.1 Å². The molecule has 3 aliphatic rings. The number of alkyl halides is 4. The van der Waals surface area contributed by atoms with Crippen LogP contribution in [-0.2, 0) is 18.8 Å². The minimum Gasteiger partial charge on any atom is -0.493 e. The molecule has 0 amide bonds. The molecule has 0 radical (unpaired) electrons. The van der Waals surface area contributed by atoms with E-state index in [1.807, 2.05) is 29.4 Å². The Morgan fingerprint density at radius 3 is 2.53 bits per heavy atom. The van der Waals surface area contributed by atoms with Crippen LogP contribution in [0.15, 0.2) is 18.2 Å². The lowest BCUT2D eigenvalue weighted by Gasteiger charge is -2.31. The van der Waals surface area contributed by atoms with Crippen molar-refractivity contribution in [3.05, 3.63) is 35.0 Å². The molecule has 1 aliphatic carbocycles. The van der Waals surface area contributed by atoms with Crippen LogP contribution >= 0.6 is 11.9 Å². The molecule has 1 aromatic carbocycles. The van der Waals surface area contributed by atoms with Gasteiger partial charge in [-0.3, -0.25) is 5.14 Å². The third kappa shape index (κ3) is 4.64. The molecule has 0 unspecified atom stereocenters. The smallest absolute Gasteiger partial charge is 0.290 e. The van der Waals surface area contributed by atoms with E-state index in [2.05, 4.69) is 9.97 Å². The van der Waals surface area contributed by atoms with Crippen LogP contribution in [0.4, 0.5) is 23.5 Å². The summed E-state index contributed by atoms with van der Waals surface area (Å²) >= 11 is 1.25. The number of benzene rings is 1. The van der Waals surface area contributed by atoms with Gasteiger partial charge in [0.15, 0.2) is 0 Å². The number of hydrogen-bond donors (Lipinski definition) is 1. The lowest BCUT2D eigenvalue weighted by atomic mass is 10.0. The molecule has 1 fully saturated rings. The van der Waals surface area contributed by atoms with E-state index in [-0.39, 0.29) is 12.1 Å². The van der Waals surface area contributed by atoms with Gasteiger partial charge in [-0.15, -0.1) is 0 Å². The highest BCUT2D eigenvalue weighted by Gasteiger charge is 2.43. The van der Waals surface area contributed by atoms with E-state index in [0.29, 0.717) is 30.2 Å². The monoisotopic (exact) mass is 444 g/mol. The van der Waals surface area contributed by atoms with Crippen LogP contribution in [0.5, 0.6) is 5.75 Å². The van der Waals surface area contributed by atoms with E-state index in [9.17, 15) is 17.6 Å². The van der Waals surface area contributed by atoms with Crippen LogP contribution in [0, 0.1) is 0 Å². The minimum atomic E-state index is -2.86. The number of halogens is 4. The van der Waals surface area contributed by atoms with Gasteiger partial charge < -0.3 is 9.64 Å². The fourth-order valence-electron chi connectivity index (χ4n) is 3.62. The normalized spacial score (nSPS) is 17.5. The van der Waals surface area contributed by atoms with Gasteiger partial charge in [0.2, 0.25) is 12.9 Å². The SMILES string of the molecule is CSN.FC1(F)CCc2c(-c3ccc4c(c3)OCC4)nc(N3CCC3)nc21.FCF. The summed E-state index contributed by atoms with van der Waals surface area (Å²) in [6.45, 7) is 0.589. The summed E-state index contributed by atoms with van der Waals surface area (Å²) in [4.78, 5) is 10.8. The Balaban J connectivity index is 0.000000385. The molecular formula is C20H24F4N4OS. The van der Waals surface area contributed by atoms with Crippen LogP contribution in [0.25, 0.3) is 11.3 Å². The lowest BCUT2D eigenvalue weighted by Crippen LogP contribution is -2.38. The molecule has 5 nitrogen and oxygen atoms in total. The van der Waals surface area contributed by atoms with Crippen molar-refractivity contribution in [2.75, 3.05) is 37.8 Å². The number of fused-ring (bicyclic) bond motifs is 2. The highest BCUT2D eigenvalue weighted by Crippen LogP contribution is 2.45. The molecule has 2 aliphatic heterocycles. The molecule has 1 saturated heterocycles. The Morgan fingerprint density at radius 2 is 1.90 bits per heavy atom. The second-order valence-electron chi connectivity index (χ2n) is 7.00. The van der Waals surface area contributed by atoms with E-state index in [0.717, 1.165) is 42.8 Å². The van der Waals surface area contributed by atoms with E-state index < -0.39 is 12.9 Å². The van der Waals surface area contributed by atoms with Crippen molar-refractivity contribution >= 4 is 17.9 Å². The summed E-state index contributed by atoms with van der Waals surface area (Å²) in [6, 6.07) is 5.91. The van der Waals surface area contributed by atoms with Gasteiger partial charge in [0.1, 0.15) is 11.4 Å². The second kappa shape index (κ2) is 9.82. The summed E-state index contributed by atoms with van der Waals surface area (Å²) in [6.07, 6.45) is 3.90. The van der Waals surface area contributed by atoms with Crippen LogP contribution in [0.3, 0.4) is 0 Å². The molecule has 2 aromatic rings. The molecular weight excluding hydrogens is 420 g/mol. The zero-order chi connectivity index (χ0) is 21.7. The minimum absolute atomic E-state index is 0.0872. The summed E-state index contributed by atoms with van der Waals surface area (Å²) in [7, 11) is 0. The number of aromatic nitrogens is 2. The topological polar surface area (TPSA) is 64.3 Å². The largest absolute Gasteiger partial charge is 0.493 e. The molecule has 10 heteroatoms. The predicted molar refractivity (Wildman–Crippen MR) is 110 cm³/mol. The molecule has 3 heterocycles. The molecule has 0 atom stereocenters. The number of nitrogens with zero attached hydrogens (tertiary/aromatic N) is 3. The van der Waals surface area contributed by atoms with Crippen LogP contribution < -0.4 is 14.8 Å². The molecule has 0 saturated carbocycles. The van der Waals surface area contributed by atoms with Gasteiger partial charge in [-0.05, 0) is 30.7 Å². The highest BCUT2D eigenvalue weighted by molar-refractivity contribution is 7.96. The average Bonchev–Trinajstić information content (AvgIpc) is 3.25. The fourth-order valence-corrected chi connectivity index (χ4v) is 3.62. The number of anilines is 1. The Bertz CT molecular complexity index is 878. The zero-order valence-corrected chi connectivity index (χ0v) is 17.5. The van der Waals surface area contributed by atoms with Gasteiger partial charge in [-0.1, -0.05) is 24.1 Å². The number of rotatable bonds is 2. The average molecular weight is 444 g/mol. The Morgan fingerprint density at radius 1 is 1.20 bits per heavy atom. The van der Waals surface area contributed by atoms with E-state index in [4.69, 9.17) is 9.88 Å². The summed E-state index contributed by atoms with van der Waals surface area (Å²) < 4.78 is 53.4. The standard InChI is InChI=1S/C18H17F2N3O.CH2F2.CH5NS/c19-18(20)6-4-13-15(12-3-2-11-5-9-24-14(11)10-12)21-17(22-16(13)18)23-7-1-8-23;2-1-3;1-3-2/h2-3,10H,1,4-9H2;1H2;2H2,1H3. The van der Waals surface area contributed by atoms with Crippen molar-refractivity contribution in [2.24, 2.45) is 5.14 Å². The molecule has 1 aromatic heterocycles. The maximum absolute atomic E-state index is 14.3. The van der Waals surface area contributed by atoms with Gasteiger partial charge >= 0.3 is 0 Å². The van der Waals surface area contributed by atoms with Gasteiger partial charge in [-0.25, -0.2) is 18.7 Å². The van der Waals surface area contributed by atoms with Crippen molar-refractivity contribution in [2.45, 2.75) is 31.6 Å². The fraction of sp³-hybridized carbons (Fsp3) is 0.500. The number of hydrogen-bond acceptors (Lipinski definition) is 6. The first-order chi connectivity index (χ1) is 14.4. The van der Waals surface area contributed by atoms with Gasteiger partial charge in [-0.2, -0.15) is 8.78 Å². The Hall–Kier alpha value is -2.07. The Labute approximate surface area is 177 Å². The lowest BCUT2D eigenvalue weighted by molar-refractivity contribution is -0.00593. The molecule has 30 heavy (non-hydrogen) atoms. The first-order valence-electron chi connectivity index (χ1n) is 9.60. The number of nitrogens with two attached hydrogens (primary N) is 1. The quantitative estimate of drug-likeness (QED) is 0.546. The van der Waals surface area contributed by atoms with Crippen molar-refractivity contribution in [3.63, 3.8) is 0 Å². The first kappa shape index (κ1) is 22.6. The zero-order valence-electron chi connectivity index (χ0n) is 16.6. The highest BCUT2D eigenvalue weighted by atomic mass is 32.2. The first-order valence-corrected chi connectivity index (χ1v) is 10.9. The summed E-state index contributed by atoms with van der Waals surface area (Å²) in [5.74, 6) is -1.59. The maximum atomic E-state index is 14.3. The molecule has 2 N–H and O–H groups in total. The van der Waals surface area contributed by atoms with E-state index >= 15 is 0 Å². The maximum Gasteiger partial charge on any atom is 0.290 e. The predicted octanol–water partition coefficient (Wildman–Crippen LogP) is 4.43. The molecule has 164 valence electrons. The second-order valence-corrected chi connectivity index (χ2v) is 7.47. The van der Waals surface area contributed by atoms with Crippen molar-refractivity contribution in [1.29, 1.82) is 0 Å². The summed E-state index contributed by atoms with van der Waals surface area (Å²) in [5, 5.41) is 4.76. The van der Waals surface area contributed by atoms with Gasteiger partial charge in [0.25, 0.3) is 5.92 Å². The third-order valence-electron chi connectivity index (χ3n) is 5.14. The van der Waals surface area contributed by atoms with Crippen LogP contribution in [-0.4, -0.2) is 42.8 Å².